The number of benzene rings is 2. The van der Waals surface area contributed by atoms with E-state index in [1.54, 1.807) is 26.2 Å². The number of anilines is 1. The lowest BCUT2D eigenvalue weighted by Crippen LogP contribution is -2.13. The molecule has 0 radical (unpaired) electrons. The summed E-state index contributed by atoms with van der Waals surface area (Å²) in [6.45, 7) is 2.04. The van der Waals surface area contributed by atoms with Gasteiger partial charge in [0.1, 0.15) is 23.3 Å². The summed E-state index contributed by atoms with van der Waals surface area (Å²) in [6.07, 6.45) is -4.39. The Morgan fingerprint density at radius 3 is 2.39 bits per heavy atom. The number of halogens is 5. The van der Waals surface area contributed by atoms with Crippen molar-refractivity contribution in [1.82, 2.24) is 9.97 Å². The van der Waals surface area contributed by atoms with E-state index in [1.165, 1.54) is 7.11 Å². The molecule has 0 bridgehead atoms. The first-order valence-corrected chi connectivity index (χ1v) is 9.91. The Bertz CT molecular complexity index is 1140. The number of methoxy groups -OCH3 is 2. The largest absolute Gasteiger partial charge is 0.493 e. The number of aryl methyl sites for hydroxylation is 1. The van der Waals surface area contributed by atoms with Crippen molar-refractivity contribution in [1.29, 1.82) is 0 Å². The molecule has 0 atom stereocenters. The van der Waals surface area contributed by atoms with E-state index >= 15 is 0 Å². The average molecular weight is 471 g/mol. The molecule has 3 aromatic rings. The van der Waals surface area contributed by atoms with Gasteiger partial charge in [-0.2, -0.15) is 13.2 Å². The number of aromatic nitrogens is 2. The molecule has 0 amide bonds. The topological polar surface area (TPSA) is 65.5 Å². The molecule has 3 rings (SSSR count). The van der Waals surface area contributed by atoms with E-state index in [0.717, 1.165) is 0 Å². The molecular formula is C22H22F5N3O3. The van der Waals surface area contributed by atoms with E-state index in [1.807, 2.05) is 0 Å². The number of rotatable bonds is 9. The van der Waals surface area contributed by atoms with Crippen molar-refractivity contribution in [3.8, 4) is 11.5 Å². The Kier molecular flexibility index (Phi) is 7.52. The second kappa shape index (κ2) is 10.2. The predicted octanol–water partition coefficient (Wildman–Crippen LogP) is 5.27. The lowest BCUT2D eigenvalue weighted by molar-refractivity contribution is -0.140. The summed E-state index contributed by atoms with van der Waals surface area (Å²) in [7, 11) is 3.05. The molecule has 0 aliphatic carbocycles. The third-order valence-electron chi connectivity index (χ3n) is 4.71. The summed E-state index contributed by atoms with van der Waals surface area (Å²) >= 11 is 0. The first-order valence-electron chi connectivity index (χ1n) is 9.91. The number of nitrogens with zero attached hydrogens (tertiary/aromatic N) is 2. The molecule has 0 fully saturated rings. The second-order valence-electron chi connectivity index (χ2n) is 7.11. The van der Waals surface area contributed by atoms with Crippen LogP contribution in [0, 0.1) is 18.6 Å². The van der Waals surface area contributed by atoms with Crippen LogP contribution in [0.25, 0.3) is 10.9 Å². The number of nitrogens with one attached hydrogen (secondary N) is 1. The van der Waals surface area contributed by atoms with Gasteiger partial charge in [0.25, 0.3) is 0 Å². The maximum atomic E-state index is 14.4. The van der Waals surface area contributed by atoms with Gasteiger partial charge in [-0.25, -0.2) is 18.7 Å². The molecule has 2 aromatic carbocycles. The van der Waals surface area contributed by atoms with Crippen LogP contribution in [0.4, 0.5) is 27.8 Å². The summed E-state index contributed by atoms with van der Waals surface area (Å²) in [6, 6.07) is 4.08. The number of alkyl halides is 3. The molecule has 1 N–H and O–H groups in total. The lowest BCUT2D eigenvalue weighted by Gasteiger charge is -2.16. The van der Waals surface area contributed by atoms with E-state index in [4.69, 9.17) is 14.2 Å². The first kappa shape index (κ1) is 24.4. The van der Waals surface area contributed by atoms with Crippen molar-refractivity contribution in [2.45, 2.75) is 26.1 Å². The highest BCUT2D eigenvalue weighted by Crippen LogP contribution is 2.36. The van der Waals surface area contributed by atoms with Gasteiger partial charge in [0.05, 0.1) is 24.8 Å². The van der Waals surface area contributed by atoms with Gasteiger partial charge in [0, 0.05) is 43.7 Å². The van der Waals surface area contributed by atoms with Crippen molar-refractivity contribution < 1.29 is 36.2 Å². The van der Waals surface area contributed by atoms with Crippen LogP contribution >= 0.6 is 0 Å². The minimum absolute atomic E-state index is 0.128. The van der Waals surface area contributed by atoms with Crippen LogP contribution in [0.5, 0.6) is 11.5 Å². The number of ether oxygens (including phenoxy) is 3. The summed E-state index contributed by atoms with van der Waals surface area (Å²) in [5.41, 5.74) is -1.68. The maximum absolute atomic E-state index is 14.4. The van der Waals surface area contributed by atoms with Crippen molar-refractivity contribution in [3.63, 3.8) is 0 Å². The van der Waals surface area contributed by atoms with Crippen LogP contribution in [0.2, 0.25) is 0 Å². The Balaban J connectivity index is 1.95. The van der Waals surface area contributed by atoms with Crippen molar-refractivity contribution >= 4 is 16.7 Å². The quantitative estimate of drug-likeness (QED) is 0.339. The highest BCUT2D eigenvalue weighted by molar-refractivity contribution is 5.91. The molecule has 1 heterocycles. The molecule has 33 heavy (non-hydrogen) atoms. The van der Waals surface area contributed by atoms with Gasteiger partial charge in [-0.3, -0.25) is 0 Å². The van der Waals surface area contributed by atoms with Gasteiger partial charge in [-0.1, -0.05) is 0 Å². The van der Waals surface area contributed by atoms with Crippen molar-refractivity contribution in [2.24, 2.45) is 0 Å². The molecule has 0 saturated heterocycles. The number of hydrogen-bond acceptors (Lipinski definition) is 6. The molecule has 0 aliphatic rings. The van der Waals surface area contributed by atoms with Crippen LogP contribution in [-0.2, 0) is 17.5 Å². The average Bonchev–Trinajstić information content (AvgIpc) is 2.75. The van der Waals surface area contributed by atoms with Crippen LogP contribution < -0.4 is 14.8 Å². The number of hydrogen-bond donors (Lipinski definition) is 1. The van der Waals surface area contributed by atoms with Gasteiger partial charge >= 0.3 is 6.18 Å². The zero-order chi connectivity index (χ0) is 24.2. The third-order valence-corrected chi connectivity index (χ3v) is 4.71. The van der Waals surface area contributed by atoms with E-state index in [0.29, 0.717) is 53.9 Å². The van der Waals surface area contributed by atoms with Crippen LogP contribution in [0.3, 0.4) is 0 Å². The zero-order valence-electron chi connectivity index (χ0n) is 18.1. The number of fused-ring (bicyclic) bond motifs is 1. The zero-order valence-corrected chi connectivity index (χ0v) is 18.1. The van der Waals surface area contributed by atoms with Gasteiger partial charge < -0.3 is 19.5 Å². The monoisotopic (exact) mass is 471 g/mol. The van der Waals surface area contributed by atoms with Crippen molar-refractivity contribution in [2.75, 3.05) is 32.8 Å². The van der Waals surface area contributed by atoms with Crippen LogP contribution in [0.15, 0.2) is 24.3 Å². The van der Waals surface area contributed by atoms with Gasteiger partial charge in [-0.15, -0.1) is 0 Å². The molecular weight excluding hydrogens is 449 g/mol. The molecule has 0 spiro atoms. The highest BCUT2D eigenvalue weighted by Gasteiger charge is 2.35. The Morgan fingerprint density at radius 2 is 1.73 bits per heavy atom. The SMILES string of the molecule is COCCCOc1cc2c(NCc3cc(F)cc(C(F)(F)F)c3F)nc(C)nc2cc1OC. The summed E-state index contributed by atoms with van der Waals surface area (Å²) < 4.78 is 83.3. The smallest absolute Gasteiger partial charge is 0.419 e. The predicted molar refractivity (Wildman–Crippen MR) is 112 cm³/mol. The van der Waals surface area contributed by atoms with E-state index in [2.05, 4.69) is 15.3 Å². The minimum Gasteiger partial charge on any atom is -0.493 e. The first-order chi connectivity index (χ1) is 15.6. The summed E-state index contributed by atoms with van der Waals surface area (Å²) in [5.74, 6) is -1.34. The van der Waals surface area contributed by atoms with Crippen molar-refractivity contribution in [3.05, 3.63) is 52.9 Å². The fraction of sp³-hybridized carbons (Fsp3) is 0.364. The lowest BCUT2D eigenvalue weighted by atomic mass is 10.1. The van der Waals surface area contributed by atoms with Crippen LogP contribution in [-0.4, -0.2) is 37.4 Å². The molecule has 0 unspecified atom stereocenters. The fourth-order valence-corrected chi connectivity index (χ4v) is 3.20. The molecule has 11 heteroatoms. The molecule has 178 valence electrons. The fourth-order valence-electron chi connectivity index (χ4n) is 3.20. The van der Waals surface area contributed by atoms with E-state index < -0.39 is 35.5 Å². The molecule has 0 aliphatic heterocycles. The molecule has 1 aromatic heterocycles. The highest BCUT2D eigenvalue weighted by atomic mass is 19.4. The third kappa shape index (κ3) is 5.78. The Hall–Kier alpha value is -3.21. The molecule has 0 saturated carbocycles. The van der Waals surface area contributed by atoms with Gasteiger partial charge in [-0.05, 0) is 25.1 Å². The minimum atomic E-state index is -5.02. The maximum Gasteiger partial charge on any atom is 0.419 e. The normalized spacial score (nSPS) is 11.6. The summed E-state index contributed by atoms with van der Waals surface area (Å²) in [5, 5.41) is 3.26. The van der Waals surface area contributed by atoms with E-state index in [-0.39, 0.29) is 11.9 Å². The van der Waals surface area contributed by atoms with Gasteiger partial charge in [0.15, 0.2) is 11.5 Å². The van der Waals surface area contributed by atoms with Gasteiger partial charge in [0.2, 0.25) is 0 Å². The standard InChI is InChI=1S/C22H22F5N3O3/c1-12-29-17-10-18(32-3)19(33-6-4-5-31-2)9-15(17)21(30-12)28-11-13-7-14(23)8-16(20(13)24)22(25,26)27/h7-10H,4-6,11H2,1-3H3,(H,28,29,30). The second-order valence-corrected chi connectivity index (χ2v) is 7.11. The molecule has 6 nitrogen and oxygen atoms in total. The Labute approximate surface area is 186 Å². The summed E-state index contributed by atoms with van der Waals surface area (Å²) in [4.78, 5) is 8.61. The Morgan fingerprint density at radius 1 is 0.970 bits per heavy atom. The van der Waals surface area contributed by atoms with E-state index in [9.17, 15) is 22.0 Å². The van der Waals surface area contributed by atoms with Crippen LogP contribution in [0.1, 0.15) is 23.4 Å².